The highest BCUT2D eigenvalue weighted by Gasteiger charge is 2.21. The number of nitrogens with zero attached hydrogens (tertiary/aromatic N) is 4. The van der Waals surface area contributed by atoms with Crippen molar-refractivity contribution >= 4 is 5.82 Å². The maximum Gasteiger partial charge on any atom is 0.151 e. The maximum absolute atomic E-state index is 5.73. The molecule has 1 aliphatic rings. The highest BCUT2D eigenvalue weighted by atomic mass is 15.3. The molecule has 0 aromatic carbocycles. The second-order valence-corrected chi connectivity index (χ2v) is 5.61. The third kappa shape index (κ3) is 3.90. The predicted molar refractivity (Wildman–Crippen MR) is 82.9 cm³/mol. The third-order valence-electron chi connectivity index (χ3n) is 4.12. The zero-order valence-corrected chi connectivity index (χ0v) is 12.8. The van der Waals surface area contributed by atoms with Crippen LogP contribution in [0.3, 0.4) is 0 Å². The van der Waals surface area contributed by atoms with Gasteiger partial charge in [-0.1, -0.05) is 6.92 Å². The topological polar surface area (TPSA) is 58.3 Å². The van der Waals surface area contributed by atoms with Gasteiger partial charge in [-0.25, -0.2) is 0 Å². The van der Waals surface area contributed by atoms with Gasteiger partial charge in [0.25, 0.3) is 0 Å². The molecule has 5 nitrogen and oxygen atoms in total. The van der Waals surface area contributed by atoms with Crippen molar-refractivity contribution in [3.8, 4) is 0 Å². The zero-order valence-electron chi connectivity index (χ0n) is 12.8. The summed E-state index contributed by atoms with van der Waals surface area (Å²) in [6.07, 6.45) is 5.26. The van der Waals surface area contributed by atoms with Crippen LogP contribution in [-0.2, 0) is 0 Å². The van der Waals surface area contributed by atoms with Crippen molar-refractivity contribution < 1.29 is 0 Å². The van der Waals surface area contributed by atoms with E-state index in [4.69, 9.17) is 5.73 Å². The fraction of sp³-hybridized carbons (Fsp3) is 0.733. The standard InChI is InChI=1S/C15H27N5/c1-3-14(5-6-16)19-7-4-8-20(10-9-19)15-11-13(2)12-17-18-15/h11-12,14H,3-10,16H2,1-2H3. The summed E-state index contributed by atoms with van der Waals surface area (Å²) in [5.74, 6) is 1.01. The molecule has 0 aliphatic carbocycles. The largest absolute Gasteiger partial charge is 0.354 e. The zero-order chi connectivity index (χ0) is 14.4. The molecule has 112 valence electrons. The van der Waals surface area contributed by atoms with Crippen molar-refractivity contribution in [2.24, 2.45) is 5.73 Å². The molecule has 2 rings (SSSR count). The number of nitrogens with two attached hydrogens (primary N) is 1. The Morgan fingerprint density at radius 2 is 2.15 bits per heavy atom. The lowest BCUT2D eigenvalue weighted by Gasteiger charge is -2.29. The number of hydrogen-bond acceptors (Lipinski definition) is 5. The third-order valence-corrected chi connectivity index (χ3v) is 4.12. The van der Waals surface area contributed by atoms with Gasteiger partial charge < -0.3 is 10.6 Å². The number of aromatic nitrogens is 2. The smallest absolute Gasteiger partial charge is 0.151 e. The number of rotatable bonds is 5. The van der Waals surface area contributed by atoms with E-state index in [1.54, 1.807) is 0 Å². The Morgan fingerprint density at radius 1 is 1.30 bits per heavy atom. The second kappa shape index (κ2) is 7.55. The number of aryl methyl sites for hydroxylation is 1. The molecule has 5 heteroatoms. The SMILES string of the molecule is CCC(CCN)N1CCCN(c2cc(C)cnn2)CC1. The summed E-state index contributed by atoms with van der Waals surface area (Å²) in [5, 5.41) is 8.34. The van der Waals surface area contributed by atoms with Crippen LogP contribution < -0.4 is 10.6 Å². The van der Waals surface area contributed by atoms with Crippen LogP contribution in [0.4, 0.5) is 5.82 Å². The number of anilines is 1. The van der Waals surface area contributed by atoms with Crippen LogP contribution >= 0.6 is 0 Å². The van der Waals surface area contributed by atoms with E-state index in [-0.39, 0.29) is 0 Å². The van der Waals surface area contributed by atoms with Gasteiger partial charge >= 0.3 is 0 Å². The molecule has 1 unspecified atom stereocenters. The molecule has 0 saturated carbocycles. The first-order chi connectivity index (χ1) is 9.74. The van der Waals surface area contributed by atoms with Crippen molar-refractivity contribution in [2.75, 3.05) is 37.6 Å². The summed E-state index contributed by atoms with van der Waals surface area (Å²) in [4.78, 5) is 4.95. The first kappa shape index (κ1) is 15.2. The fourth-order valence-corrected chi connectivity index (χ4v) is 2.97. The molecule has 2 heterocycles. The normalized spacial score (nSPS) is 18.9. The summed E-state index contributed by atoms with van der Waals surface area (Å²) in [6.45, 7) is 9.45. The van der Waals surface area contributed by atoms with Crippen molar-refractivity contribution in [1.29, 1.82) is 0 Å². The van der Waals surface area contributed by atoms with Crippen molar-refractivity contribution in [3.63, 3.8) is 0 Å². The average Bonchev–Trinajstić information content (AvgIpc) is 2.70. The summed E-state index contributed by atoms with van der Waals surface area (Å²) < 4.78 is 0. The minimum Gasteiger partial charge on any atom is -0.354 e. The van der Waals surface area contributed by atoms with Gasteiger partial charge in [-0.2, -0.15) is 5.10 Å². The fourth-order valence-electron chi connectivity index (χ4n) is 2.97. The molecule has 0 amide bonds. The van der Waals surface area contributed by atoms with Crippen molar-refractivity contribution in [2.45, 2.75) is 39.2 Å². The van der Waals surface area contributed by atoms with Gasteiger partial charge in [-0.05, 0) is 44.4 Å². The van der Waals surface area contributed by atoms with Crippen LogP contribution in [0, 0.1) is 6.92 Å². The minimum absolute atomic E-state index is 0.628. The van der Waals surface area contributed by atoms with Gasteiger partial charge in [0.05, 0.1) is 6.20 Å². The minimum atomic E-state index is 0.628. The molecule has 20 heavy (non-hydrogen) atoms. The molecule has 1 aliphatic heterocycles. The van der Waals surface area contributed by atoms with E-state index >= 15 is 0 Å². The van der Waals surface area contributed by atoms with E-state index in [0.717, 1.165) is 45.0 Å². The Labute approximate surface area is 122 Å². The molecule has 0 radical (unpaired) electrons. The number of hydrogen-bond donors (Lipinski definition) is 1. The summed E-state index contributed by atoms with van der Waals surface area (Å²) in [6, 6.07) is 2.75. The molecule has 1 atom stereocenters. The molecular formula is C15H27N5. The van der Waals surface area contributed by atoms with Crippen LogP contribution in [-0.4, -0.2) is 53.9 Å². The van der Waals surface area contributed by atoms with Crippen LogP contribution in [0.25, 0.3) is 0 Å². The Bertz CT molecular complexity index is 409. The van der Waals surface area contributed by atoms with E-state index < -0.39 is 0 Å². The molecule has 1 aromatic rings. The van der Waals surface area contributed by atoms with E-state index in [1.807, 2.05) is 6.20 Å². The molecule has 2 N–H and O–H groups in total. The lowest BCUT2D eigenvalue weighted by Crippen LogP contribution is -2.39. The molecular weight excluding hydrogens is 250 g/mol. The van der Waals surface area contributed by atoms with Gasteiger partial charge in [-0.3, -0.25) is 4.90 Å². The second-order valence-electron chi connectivity index (χ2n) is 5.61. The van der Waals surface area contributed by atoms with Gasteiger partial charge in [-0.15, -0.1) is 5.10 Å². The van der Waals surface area contributed by atoms with Gasteiger partial charge in [0, 0.05) is 32.2 Å². The van der Waals surface area contributed by atoms with Crippen LogP contribution in [0.15, 0.2) is 12.3 Å². The lowest BCUT2D eigenvalue weighted by atomic mass is 10.1. The summed E-state index contributed by atoms with van der Waals surface area (Å²) in [5.41, 5.74) is 6.90. The molecule has 1 aromatic heterocycles. The van der Waals surface area contributed by atoms with Gasteiger partial charge in [0.15, 0.2) is 5.82 Å². The molecule has 0 spiro atoms. The highest BCUT2D eigenvalue weighted by molar-refractivity contribution is 5.39. The highest BCUT2D eigenvalue weighted by Crippen LogP contribution is 2.17. The lowest BCUT2D eigenvalue weighted by molar-refractivity contribution is 0.196. The Hall–Kier alpha value is -1.20. The Morgan fingerprint density at radius 3 is 2.85 bits per heavy atom. The van der Waals surface area contributed by atoms with Crippen molar-refractivity contribution in [1.82, 2.24) is 15.1 Å². The molecule has 1 fully saturated rings. The molecule has 1 saturated heterocycles. The summed E-state index contributed by atoms with van der Waals surface area (Å²) in [7, 11) is 0. The Balaban J connectivity index is 1.98. The monoisotopic (exact) mass is 277 g/mol. The van der Waals surface area contributed by atoms with Crippen LogP contribution in [0.5, 0.6) is 0 Å². The van der Waals surface area contributed by atoms with Crippen LogP contribution in [0.1, 0.15) is 31.7 Å². The first-order valence-electron chi connectivity index (χ1n) is 7.73. The quantitative estimate of drug-likeness (QED) is 0.882. The van der Waals surface area contributed by atoms with Gasteiger partial charge in [0.1, 0.15) is 0 Å². The Kier molecular flexibility index (Phi) is 5.73. The molecule has 0 bridgehead atoms. The predicted octanol–water partition coefficient (Wildman–Crippen LogP) is 1.42. The van der Waals surface area contributed by atoms with Crippen molar-refractivity contribution in [3.05, 3.63) is 17.8 Å². The van der Waals surface area contributed by atoms with E-state index in [2.05, 4.69) is 39.9 Å². The van der Waals surface area contributed by atoms with E-state index in [0.29, 0.717) is 6.04 Å². The average molecular weight is 277 g/mol. The van der Waals surface area contributed by atoms with Crippen LogP contribution in [0.2, 0.25) is 0 Å². The maximum atomic E-state index is 5.73. The van der Waals surface area contributed by atoms with E-state index in [1.165, 1.54) is 18.4 Å². The van der Waals surface area contributed by atoms with E-state index in [9.17, 15) is 0 Å². The van der Waals surface area contributed by atoms with Gasteiger partial charge in [0.2, 0.25) is 0 Å². The summed E-state index contributed by atoms with van der Waals surface area (Å²) >= 11 is 0. The first-order valence-corrected chi connectivity index (χ1v) is 7.73.